The summed E-state index contributed by atoms with van der Waals surface area (Å²) in [5.41, 5.74) is 0.226. The average Bonchev–Trinajstić information content (AvgIpc) is 3.43. The molecule has 2 unspecified atom stereocenters. The number of nitrogens with one attached hydrogen (secondary N) is 4. The van der Waals surface area contributed by atoms with Crippen molar-refractivity contribution in [3.8, 4) is 17.2 Å². The summed E-state index contributed by atoms with van der Waals surface area (Å²) in [6.45, 7) is 3.20. The minimum Gasteiger partial charge on any atom is -0.478 e. The highest BCUT2D eigenvalue weighted by Crippen LogP contribution is 2.51. The van der Waals surface area contributed by atoms with Gasteiger partial charge < -0.3 is 45.0 Å². The van der Waals surface area contributed by atoms with Gasteiger partial charge in [0.05, 0.1) is 41.8 Å². The summed E-state index contributed by atoms with van der Waals surface area (Å²) in [6.07, 6.45) is 1.27. The van der Waals surface area contributed by atoms with Crippen molar-refractivity contribution in [2.24, 2.45) is 4.99 Å². The van der Waals surface area contributed by atoms with Crippen LogP contribution < -0.4 is 41.2 Å². The number of morpholine rings is 1. The van der Waals surface area contributed by atoms with E-state index in [9.17, 15) is 51.9 Å². The van der Waals surface area contributed by atoms with Gasteiger partial charge in [0.25, 0.3) is 36.3 Å². The first-order chi connectivity index (χ1) is 37.3. The fourth-order valence-corrected chi connectivity index (χ4v) is 11.6. The molecule has 0 amide bonds. The topological polar surface area (TPSA) is 406 Å². The van der Waals surface area contributed by atoms with Crippen molar-refractivity contribution < 1.29 is 65.8 Å². The average molecular weight is 1200 g/mol. The number of ether oxygens (including phenoxy) is 2. The number of rotatable bonds is 15. The van der Waals surface area contributed by atoms with Crippen LogP contribution in [0.25, 0.3) is 22.6 Å². The molecule has 5 aliphatic rings. The second-order valence-electron chi connectivity index (χ2n) is 17.5. The predicted molar refractivity (Wildman–Crippen MR) is 285 cm³/mol. The normalized spacial score (nSPS) is 17.0. The van der Waals surface area contributed by atoms with E-state index in [1.807, 2.05) is 36.1 Å². The second-order valence-corrected chi connectivity index (χ2v) is 23.9. The summed E-state index contributed by atoms with van der Waals surface area (Å²) in [7, 11) is -18.5. The maximum atomic E-state index is 13.4. The van der Waals surface area contributed by atoms with Gasteiger partial charge in [-0.05, 0) is 49.4 Å². The van der Waals surface area contributed by atoms with Gasteiger partial charge in [-0.25, -0.2) is 9.98 Å². The molecule has 0 bridgehead atoms. The lowest BCUT2D eigenvalue weighted by Gasteiger charge is -2.37. The highest BCUT2D eigenvalue weighted by molar-refractivity contribution is 7.90. The smallest absolute Gasteiger partial charge is 0.300 e. The Hall–Kier alpha value is -7.44. The summed E-state index contributed by atoms with van der Waals surface area (Å²) >= 11 is 13.9. The molecule has 1 fully saturated rings. The van der Waals surface area contributed by atoms with Crippen molar-refractivity contribution in [1.29, 1.82) is 0 Å². The fourth-order valence-electron chi connectivity index (χ4n) is 8.26. The number of benzene rings is 4. The number of aryl methyl sites for hydroxylation is 1. The van der Waals surface area contributed by atoms with Crippen LogP contribution in [0.3, 0.4) is 0 Å². The molecule has 29 nitrogen and oxygen atoms in total. The number of para-hydroxylation sites is 1. The molecule has 0 spiro atoms. The van der Waals surface area contributed by atoms with Gasteiger partial charge in [0.2, 0.25) is 29.7 Å². The van der Waals surface area contributed by atoms with Gasteiger partial charge in [-0.3, -0.25) is 18.2 Å². The maximum absolute atomic E-state index is 13.4. The van der Waals surface area contributed by atoms with Crippen LogP contribution in [-0.2, 0) is 45.2 Å². The minimum atomic E-state index is -5.37. The first-order valence-corrected chi connectivity index (χ1v) is 29.5. The molecule has 5 aromatic rings. The Morgan fingerprint density at radius 3 is 2.16 bits per heavy atom. The van der Waals surface area contributed by atoms with Gasteiger partial charge in [0.1, 0.15) is 36.7 Å². The van der Waals surface area contributed by atoms with Crippen molar-refractivity contribution in [3.63, 3.8) is 0 Å². The predicted octanol–water partition coefficient (Wildman–Crippen LogP) is 4.61. The van der Waals surface area contributed by atoms with Crippen LogP contribution >= 0.6 is 23.2 Å². The molecule has 2 atom stereocenters. The van der Waals surface area contributed by atoms with E-state index in [1.165, 1.54) is 43.5 Å². The summed E-state index contributed by atoms with van der Waals surface area (Å²) < 4.78 is 160. The Balaban J connectivity index is 1.04. The van der Waals surface area contributed by atoms with Crippen LogP contribution in [0.2, 0.25) is 10.0 Å². The van der Waals surface area contributed by atoms with Gasteiger partial charge >= 0.3 is 10.1 Å². The zero-order valence-corrected chi connectivity index (χ0v) is 45.2. The van der Waals surface area contributed by atoms with E-state index in [4.69, 9.17) is 37.1 Å². The first-order valence-electron chi connectivity index (χ1n) is 22.9. The third kappa shape index (κ3) is 11.8. The van der Waals surface area contributed by atoms with Crippen molar-refractivity contribution in [1.82, 2.24) is 34.9 Å². The number of halogens is 2. The molecule has 1 saturated heterocycles. The molecule has 35 heteroatoms. The summed E-state index contributed by atoms with van der Waals surface area (Å²) in [6, 6.07) is 13.6. The SMILES string of the molecule is Cc1ccc(Nc2nc(NC3=C(S(=O)(=O)O)C4Oc5c(c(Cl)c6oc7c(S(=O)(=O)O)c(=Nc8nc(Nc9ccccc9S(=O)(=O)O)nc(N(C)CCS(=O)(=O)O)n8)ccc-7nc6c5Cl)NC4C=C3)nc(N3CCOCC3)n2)cc1. The quantitative estimate of drug-likeness (QED) is 0.0513. The van der Waals surface area contributed by atoms with E-state index in [1.54, 1.807) is 0 Å². The van der Waals surface area contributed by atoms with E-state index in [2.05, 4.69) is 61.1 Å². The van der Waals surface area contributed by atoms with Crippen molar-refractivity contribution >= 4 is 128 Å². The number of fused-ring (bicyclic) bond motifs is 4. The maximum Gasteiger partial charge on any atom is 0.300 e. The van der Waals surface area contributed by atoms with Gasteiger partial charge in [-0.2, -0.15) is 63.6 Å². The van der Waals surface area contributed by atoms with E-state index < -0.39 is 103 Å². The number of hydrogen-bond acceptors (Lipinski definition) is 25. The first kappa shape index (κ1) is 54.9. The van der Waals surface area contributed by atoms with Gasteiger partial charge in [0.15, 0.2) is 28.1 Å². The van der Waals surface area contributed by atoms with E-state index in [0.29, 0.717) is 32.0 Å². The molecule has 0 radical (unpaired) electrons. The van der Waals surface area contributed by atoms with E-state index in [0.717, 1.165) is 22.6 Å². The lowest BCUT2D eigenvalue weighted by Crippen LogP contribution is -2.46. The summed E-state index contributed by atoms with van der Waals surface area (Å²) in [4.78, 5) is 35.6. The number of hydrogen-bond donors (Lipinski definition) is 8. The molecule has 2 aromatic heterocycles. The Morgan fingerprint density at radius 2 is 1.48 bits per heavy atom. The largest absolute Gasteiger partial charge is 0.478 e. The number of nitrogens with zero attached hydrogens (tertiary/aromatic N) is 10. The Kier molecular flexibility index (Phi) is 14.6. The highest BCUT2D eigenvalue weighted by Gasteiger charge is 2.43. The van der Waals surface area contributed by atoms with E-state index in [-0.39, 0.29) is 73.5 Å². The Morgan fingerprint density at radius 1 is 0.785 bits per heavy atom. The molecule has 8 N–H and O–H groups in total. The van der Waals surface area contributed by atoms with Crippen LogP contribution in [0.15, 0.2) is 103 Å². The molecule has 3 aromatic carbocycles. The lowest BCUT2D eigenvalue weighted by atomic mass is 10.00. The molecule has 10 rings (SSSR count). The highest BCUT2D eigenvalue weighted by atomic mass is 35.5. The molecule has 3 aliphatic heterocycles. The molecule has 2 aliphatic carbocycles. The standard InChI is InChI=1S/C44H40Cl2N14O15S4/c1-21-7-9-22(10-8-21)47-39-53-42(58-44(57-39)60-15-18-73-19-16-60)52-27-14-12-25-34(38(27)79(70,71)72)75-36-30(46)31-35(29(45)32(36)49-25)74-33-24(48-31)11-13-26(37(33)78(67,68)69)51-41-54-40(50-23-5-3-4-6-28(23)77(64,65)66)55-43(56-41)59(2)17-20-76(61,62)63/h3-14,25,34,49H,15-20H2,1-2H3,(H,61,62,63)(H,64,65,66)(H,67,68,69)(H,70,71,72)(H,50,54,55,56)(H2,47,52,53,57,58). The van der Waals surface area contributed by atoms with Crippen LogP contribution in [0.5, 0.6) is 5.75 Å². The monoisotopic (exact) mass is 1200 g/mol. The fraction of sp³-hybridized carbons (Fsp3) is 0.227. The van der Waals surface area contributed by atoms with Crippen LogP contribution in [0.1, 0.15) is 5.56 Å². The zero-order chi connectivity index (χ0) is 56.3. The molecule has 79 heavy (non-hydrogen) atoms. The van der Waals surface area contributed by atoms with Crippen molar-refractivity contribution in [2.45, 2.75) is 28.9 Å². The molecule has 5 heterocycles. The Labute approximate surface area is 457 Å². The van der Waals surface area contributed by atoms with Gasteiger partial charge in [-0.15, -0.1) is 0 Å². The van der Waals surface area contributed by atoms with Crippen molar-refractivity contribution in [2.75, 3.05) is 76.7 Å². The summed E-state index contributed by atoms with van der Waals surface area (Å²) in [5, 5.41) is 10.4. The summed E-state index contributed by atoms with van der Waals surface area (Å²) in [5.74, 6) is -2.91. The zero-order valence-electron chi connectivity index (χ0n) is 40.5. The van der Waals surface area contributed by atoms with Crippen LogP contribution in [-0.4, -0.2) is 145 Å². The molecular weight excluding hydrogens is 1160 g/mol. The molecule has 414 valence electrons. The van der Waals surface area contributed by atoms with Gasteiger partial charge in [0, 0.05) is 32.4 Å². The third-order valence-electron chi connectivity index (χ3n) is 11.9. The third-order valence-corrected chi connectivity index (χ3v) is 16.2. The second kappa shape index (κ2) is 21.0. The number of aromatic nitrogens is 7. The van der Waals surface area contributed by atoms with Crippen molar-refractivity contribution in [3.05, 3.63) is 104 Å². The molecular formula is C44H40Cl2N14O15S4. The van der Waals surface area contributed by atoms with Crippen LogP contribution in [0, 0.1) is 6.92 Å². The number of allylic oxidation sites excluding steroid dienone is 1. The van der Waals surface area contributed by atoms with E-state index >= 15 is 0 Å². The molecule has 0 saturated carbocycles. The van der Waals surface area contributed by atoms with Crippen LogP contribution in [0.4, 0.5) is 52.8 Å². The lowest BCUT2D eigenvalue weighted by molar-refractivity contribution is 0.122. The number of anilines is 8. The minimum absolute atomic E-state index is 0.0961. The Bertz CT molecular complexity index is 4210. The van der Waals surface area contributed by atoms with Gasteiger partial charge in [-0.1, -0.05) is 59.1 Å².